The zero-order valence-electron chi connectivity index (χ0n) is 13.5. The Bertz CT molecular complexity index is 1050. The molecular weight excluding hydrogens is 346 g/mol. The smallest absolute Gasteiger partial charge is 0.354 e. The molecule has 0 radical (unpaired) electrons. The number of hydrogen-bond donors (Lipinski definition) is 1. The highest BCUT2D eigenvalue weighted by Crippen LogP contribution is 2.47. The molecule has 1 aliphatic rings. The van der Waals surface area contributed by atoms with Gasteiger partial charge in [-0.3, -0.25) is 4.79 Å². The van der Waals surface area contributed by atoms with Crippen molar-refractivity contribution in [2.75, 3.05) is 0 Å². The number of carboxylic acids is 1. The van der Waals surface area contributed by atoms with Crippen LogP contribution in [0.2, 0.25) is 0 Å². The molecule has 0 amide bonds. The molecule has 0 fully saturated rings. The van der Waals surface area contributed by atoms with Crippen LogP contribution < -0.4 is 4.74 Å². The molecule has 7 heteroatoms. The van der Waals surface area contributed by atoms with Crippen LogP contribution in [0.25, 0.3) is 11.0 Å². The summed E-state index contributed by atoms with van der Waals surface area (Å²) in [4.78, 5) is 24.4. The molecular formula is C19H12F2O5. The largest absolute Gasteiger partial charge is 0.480 e. The van der Waals surface area contributed by atoms with Crippen LogP contribution >= 0.6 is 0 Å². The van der Waals surface area contributed by atoms with Gasteiger partial charge in [-0.2, -0.15) is 0 Å². The maximum Gasteiger partial charge on any atom is 0.354 e. The van der Waals surface area contributed by atoms with Gasteiger partial charge in [0, 0.05) is 0 Å². The summed E-state index contributed by atoms with van der Waals surface area (Å²) >= 11 is 0. The van der Waals surface area contributed by atoms with Crippen LogP contribution in [-0.2, 0) is 4.79 Å². The number of carbonyl (C=O) groups is 2. The van der Waals surface area contributed by atoms with Crippen molar-refractivity contribution in [2.45, 2.75) is 18.7 Å². The van der Waals surface area contributed by atoms with Crippen LogP contribution in [0.15, 0.2) is 47.1 Å². The highest BCUT2D eigenvalue weighted by Gasteiger charge is 2.59. The van der Waals surface area contributed by atoms with Gasteiger partial charge in [-0.1, -0.05) is 12.1 Å². The fourth-order valence-corrected chi connectivity index (χ4v) is 3.21. The molecule has 2 atom stereocenters. The van der Waals surface area contributed by atoms with Gasteiger partial charge < -0.3 is 14.3 Å². The van der Waals surface area contributed by atoms with E-state index in [2.05, 4.69) is 0 Å². The van der Waals surface area contributed by atoms with Gasteiger partial charge in [-0.15, -0.1) is 0 Å². The Kier molecular flexibility index (Phi) is 3.37. The quantitative estimate of drug-likeness (QED) is 0.701. The van der Waals surface area contributed by atoms with Crippen molar-refractivity contribution >= 4 is 22.7 Å². The Morgan fingerprint density at radius 2 is 1.88 bits per heavy atom. The van der Waals surface area contributed by atoms with E-state index in [1.807, 2.05) is 0 Å². The number of hydrogen-bond acceptors (Lipinski definition) is 4. The maximum atomic E-state index is 15.5. The van der Waals surface area contributed by atoms with E-state index < -0.39 is 29.3 Å². The average Bonchev–Trinajstić information content (AvgIpc) is 3.00. The van der Waals surface area contributed by atoms with Crippen LogP contribution in [-0.4, -0.2) is 22.5 Å². The summed E-state index contributed by atoms with van der Waals surface area (Å²) in [5, 5.41) is 9.91. The molecule has 1 aliphatic heterocycles. The standard InChI is InChI=1S/C19H12F2O5/c1-9-8-25-13-7-6-12-15(14(9)13)26-17(10-2-4-11(20)5-3-10)19(21,16(12)22)18(23)24/h2-8,17H,1H3,(H,23,24). The topological polar surface area (TPSA) is 76.7 Å². The van der Waals surface area contributed by atoms with Crippen LogP contribution in [0.4, 0.5) is 8.78 Å². The maximum absolute atomic E-state index is 15.5. The lowest BCUT2D eigenvalue weighted by Gasteiger charge is -2.35. The van der Waals surface area contributed by atoms with Crippen LogP contribution in [0.3, 0.4) is 0 Å². The highest BCUT2D eigenvalue weighted by atomic mass is 19.1. The van der Waals surface area contributed by atoms with Gasteiger partial charge in [0.15, 0.2) is 6.10 Å². The zero-order valence-corrected chi connectivity index (χ0v) is 13.5. The van der Waals surface area contributed by atoms with Crippen molar-refractivity contribution in [3.63, 3.8) is 0 Å². The van der Waals surface area contributed by atoms with Crippen LogP contribution in [0.1, 0.15) is 27.6 Å². The predicted octanol–water partition coefficient (Wildman–Crippen LogP) is 3.99. The van der Waals surface area contributed by atoms with Gasteiger partial charge in [-0.05, 0) is 42.3 Å². The summed E-state index contributed by atoms with van der Waals surface area (Å²) in [6.07, 6.45) is -0.305. The molecule has 0 saturated carbocycles. The highest BCUT2D eigenvalue weighted by molar-refractivity contribution is 6.19. The van der Waals surface area contributed by atoms with Crippen molar-refractivity contribution in [1.29, 1.82) is 0 Å². The van der Waals surface area contributed by atoms with E-state index in [4.69, 9.17) is 9.15 Å². The number of furan rings is 1. The number of halogens is 2. The van der Waals surface area contributed by atoms with E-state index in [9.17, 15) is 19.1 Å². The molecule has 5 nitrogen and oxygen atoms in total. The molecule has 3 aromatic rings. The molecule has 0 spiro atoms. The molecule has 2 heterocycles. The normalized spacial score (nSPS) is 22.1. The number of ether oxygens (including phenoxy) is 1. The summed E-state index contributed by atoms with van der Waals surface area (Å²) in [5.74, 6) is -3.71. The second-order valence-corrected chi connectivity index (χ2v) is 6.13. The number of rotatable bonds is 2. The van der Waals surface area contributed by atoms with E-state index in [-0.39, 0.29) is 16.9 Å². The van der Waals surface area contributed by atoms with Crippen molar-refractivity contribution in [2.24, 2.45) is 0 Å². The first-order valence-electron chi connectivity index (χ1n) is 7.74. The lowest BCUT2D eigenvalue weighted by atomic mass is 9.82. The van der Waals surface area contributed by atoms with Crippen LogP contribution in [0, 0.1) is 12.7 Å². The fraction of sp³-hybridized carbons (Fsp3) is 0.158. The minimum atomic E-state index is -3.34. The number of Topliss-reactive ketones (excluding diaryl/α,β-unsaturated/α-hetero) is 1. The fourth-order valence-electron chi connectivity index (χ4n) is 3.21. The van der Waals surface area contributed by atoms with Crippen molar-refractivity contribution in [3.05, 3.63) is 65.2 Å². The number of aryl methyl sites for hydroxylation is 1. The minimum absolute atomic E-state index is 0.0356. The second-order valence-electron chi connectivity index (χ2n) is 6.13. The molecule has 2 unspecified atom stereocenters. The first-order chi connectivity index (χ1) is 12.3. The summed E-state index contributed by atoms with van der Waals surface area (Å²) in [5.41, 5.74) is -2.40. The number of fused-ring (bicyclic) bond motifs is 3. The molecule has 0 saturated heterocycles. The lowest BCUT2D eigenvalue weighted by molar-refractivity contribution is -0.154. The number of carboxylic acid groups (broad SMARTS) is 1. The minimum Gasteiger partial charge on any atom is -0.480 e. The first kappa shape index (κ1) is 16.3. The summed E-state index contributed by atoms with van der Waals surface area (Å²) in [7, 11) is 0. The zero-order chi connectivity index (χ0) is 18.6. The van der Waals surface area contributed by atoms with Gasteiger partial charge in [0.1, 0.15) is 17.1 Å². The van der Waals surface area contributed by atoms with E-state index in [1.54, 1.807) is 6.92 Å². The molecule has 1 aromatic heterocycles. The van der Waals surface area contributed by atoms with Gasteiger partial charge in [-0.25, -0.2) is 13.6 Å². The van der Waals surface area contributed by atoms with E-state index in [1.165, 1.54) is 30.5 Å². The Hall–Kier alpha value is -3.22. The number of benzene rings is 2. The van der Waals surface area contributed by atoms with Gasteiger partial charge in [0.05, 0.1) is 17.2 Å². The summed E-state index contributed by atoms with van der Waals surface area (Å²) < 4.78 is 39.7. The Morgan fingerprint density at radius 3 is 2.54 bits per heavy atom. The van der Waals surface area contributed by atoms with Gasteiger partial charge in [0.2, 0.25) is 5.78 Å². The van der Waals surface area contributed by atoms with E-state index >= 15 is 4.39 Å². The molecule has 132 valence electrons. The van der Waals surface area contributed by atoms with Crippen LogP contribution in [0.5, 0.6) is 5.75 Å². The number of ketones is 1. The summed E-state index contributed by atoms with van der Waals surface area (Å²) in [6.45, 7) is 1.72. The third-order valence-electron chi connectivity index (χ3n) is 4.53. The molecule has 1 N–H and O–H groups in total. The van der Waals surface area contributed by atoms with Crippen molar-refractivity contribution < 1.29 is 32.6 Å². The van der Waals surface area contributed by atoms with Gasteiger partial charge in [0.25, 0.3) is 0 Å². The van der Waals surface area contributed by atoms with Gasteiger partial charge >= 0.3 is 11.6 Å². The molecule has 4 rings (SSSR count). The Balaban J connectivity index is 1.99. The number of alkyl halides is 1. The molecule has 26 heavy (non-hydrogen) atoms. The predicted molar refractivity (Wildman–Crippen MR) is 86.5 cm³/mol. The number of aliphatic carboxylic acids is 1. The second kappa shape index (κ2) is 5.39. The SMILES string of the molecule is Cc1coc2ccc3c(c12)OC(c1ccc(F)cc1)C(F)(C(=O)O)C3=O. The number of carbonyl (C=O) groups excluding carboxylic acids is 1. The van der Waals surface area contributed by atoms with E-state index in [0.717, 1.165) is 12.1 Å². The Labute approximate surface area is 145 Å². The average molecular weight is 358 g/mol. The molecule has 2 aromatic carbocycles. The first-order valence-corrected chi connectivity index (χ1v) is 7.74. The third-order valence-corrected chi connectivity index (χ3v) is 4.53. The molecule has 0 bridgehead atoms. The third kappa shape index (κ3) is 2.06. The van der Waals surface area contributed by atoms with Crippen molar-refractivity contribution in [1.82, 2.24) is 0 Å². The lowest BCUT2D eigenvalue weighted by Crippen LogP contribution is -2.52. The van der Waals surface area contributed by atoms with Crippen molar-refractivity contribution in [3.8, 4) is 5.75 Å². The Morgan fingerprint density at radius 1 is 1.19 bits per heavy atom. The monoisotopic (exact) mass is 358 g/mol. The van der Waals surface area contributed by atoms with E-state index in [0.29, 0.717) is 16.5 Å². The molecule has 0 aliphatic carbocycles. The summed E-state index contributed by atoms with van der Waals surface area (Å²) in [6, 6.07) is 7.22.